The van der Waals surface area contributed by atoms with E-state index in [0.29, 0.717) is 5.92 Å². The minimum Gasteiger partial charge on any atom is -0.321 e. The largest absolute Gasteiger partial charge is 0.321 e. The normalized spacial score (nSPS) is 29.5. The van der Waals surface area contributed by atoms with Gasteiger partial charge in [-0.05, 0) is 42.4 Å². The Morgan fingerprint density at radius 2 is 2.00 bits per heavy atom. The van der Waals surface area contributed by atoms with Gasteiger partial charge in [-0.2, -0.15) is 0 Å². The number of benzene rings is 1. The molecular weight excluding hydrogens is 206 g/mol. The zero-order valence-corrected chi connectivity index (χ0v) is 10.1. The van der Waals surface area contributed by atoms with Crippen LogP contribution in [-0.4, -0.2) is 0 Å². The second-order valence-electron chi connectivity index (χ2n) is 5.08. The van der Waals surface area contributed by atoms with E-state index in [1.807, 2.05) is 12.1 Å². The smallest absolute Gasteiger partial charge is 0.0442 e. The van der Waals surface area contributed by atoms with Crippen LogP contribution in [0.1, 0.15) is 32.3 Å². The lowest BCUT2D eigenvalue weighted by molar-refractivity contribution is 0.491. The Morgan fingerprint density at radius 3 is 2.53 bits per heavy atom. The zero-order chi connectivity index (χ0) is 11.1. The Morgan fingerprint density at radius 1 is 1.40 bits per heavy atom. The van der Waals surface area contributed by atoms with Crippen LogP contribution in [0.5, 0.6) is 0 Å². The van der Waals surface area contributed by atoms with Gasteiger partial charge in [0.05, 0.1) is 0 Å². The van der Waals surface area contributed by atoms with E-state index in [1.54, 1.807) is 0 Å². The summed E-state index contributed by atoms with van der Waals surface area (Å²) in [6.07, 6.45) is 2.34. The van der Waals surface area contributed by atoms with Crippen LogP contribution < -0.4 is 5.73 Å². The van der Waals surface area contributed by atoms with Crippen LogP contribution in [0.25, 0.3) is 0 Å². The molecule has 1 saturated carbocycles. The van der Waals surface area contributed by atoms with E-state index < -0.39 is 0 Å². The summed E-state index contributed by atoms with van der Waals surface area (Å²) in [5.74, 6) is 1.38. The third-order valence-electron chi connectivity index (χ3n) is 3.29. The van der Waals surface area contributed by atoms with Gasteiger partial charge in [-0.15, -0.1) is 0 Å². The fourth-order valence-electron chi connectivity index (χ4n) is 2.33. The number of hydrogen-bond donors (Lipinski definition) is 1. The molecule has 0 aliphatic heterocycles. The van der Waals surface area contributed by atoms with Crippen LogP contribution in [-0.2, 0) is 5.54 Å². The van der Waals surface area contributed by atoms with E-state index in [2.05, 4.69) is 26.0 Å². The molecular formula is C13H18ClN. The molecule has 2 N–H and O–H groups in total. The van der Waals surface area contributed by atoms with Crippen molar-refractivity contribution in [3.8, 4) is 0 Å². The average molecular weight is 224 g/mol. The Bertz CT molecular complexity index is 344. The highest BCUT2D eigenvalue weighted by molar-refractivity contribution is 6.30. The van der Waals surface area contributed by atoms with Crippen molar-refractivity contribution < 1.29 is 0 Å². The van der Waals surface area contributed by atoms with Gasteiger partial charge in [0.15, 0.2) is 0 Å². The highest BCUT2D eigenvalue weighted by Crippen LogP contribution is 2.52. The summed E-state index contributed by atoms with van der Waals surface area (Å²) < 4.78 is 0. The Balaban J connectivity index is 2.09. The monoisotopic (exact) mass is 223 g/mol. The summed E-state index contributed by atoms with van der Waals surface area (Å²) in [5, 5.41) is 0.781. The molecule has 0 bridgehead atoms. The van der Waals surface area contributed by atoms with Crippen molar-refractivity contribution in [2.45, 2.75) is 32.2 Å². The minimum atomic E-state index is -0.0745. The maximum absolute atomic E-state index is 6.37. The van der Waals surface area contributed by atoms with E-state index in [0.717, 1.165) is 17.4 Å². The van der Waals surface area contributed by atoms with Crippen LogP contribution in [0, 0.1) is 11.8 Å². The molecule has 0 heterocycles. The van der Waals surface area contributed by atoms with Gasteiger partial charge in [-0.3, -0.25) is 0 Å². The molecule has 1 nitrogen and oxygen atoms in total. The lowest BCUT2D eigenvalue weighted by atomic mass is 9.98. The SMILES string of the molecule is CC(C)CC1CC1(N)c1ccc(Cl)cc1. The number of hydrogen-bond acceptors (Lipinski definition) is 1. The molecule has 0 radical (unpaired) electrons. The zero-order valence-electron chi connectivity index (χ0n) is 9.33. The van der Waals surface area contributed by atoms with Crippen molar-refractivity contribution in [2.24, 2.45) is 17.6 Å². The standard InChI is InChI=1S/C13H18ClN/c1-9(2)7-11-8-13(11,15)10-3-5-12(14)6-4-10/h3-6,9,11H,7-8,15H2,1-2H3. The molecule has 1 aliphatic rings. The molecule has 0 amide bonds. The van der Waals surface area contributed by atoms with Crippen molar-refractivity contribution in [3.05, 3.63) is 34.9 Å². The van der Waals surface area contributed by atoms with Crippen LogP contribution in [0.2, 0.25) is 5.02 Å². The summed E-state index contributed by atoms with van der Waals surface area (Å²) in [5.41, 5.74) is 7.53. The molecule has 2 unspecified atom stereocenters. The number of halogens is 1. The molecule has 2 heteroatoms. The van der Waals surface area contributed by atoms with E-state index in [4.69, 9.17) is 17.3 Å². The lowest BCUT2D eigenvalue weighted by Crippen LogP contribution is -2.22. The summed E-state index contributed by atoms with van der Waals surface area (Å²) in [6, 6.07) is 7.97. The van der Waals surface area contributed by atoms with E-state index >= 15 is 0 Å². The van der Waals surface area contributed by atoms with Crippen LogP contribution in [0.15, 0.2) is 24.3 Å². The molecule has 0 saturated heterocycles. The Labute approximate surface area is 96.6 Å². The van der Waals surface area contributed by atoms with Crippen LogP contribution in [0.4, 0.5) is 0 Å². The van der Waals surface area contributed by atoms with Gasteiger partial charge in [0.25, 0.3) is 0 Å². The fraction of sp³-hybridized carbons (Fsp3) is 0.538. The van der Waals surface area contributed by atoms with Crippen molar-refractivity contribution in [1.29, 1.82) is 0 Å². The van der Waals surface area contributed by atoms with E-state index in [1.165, 1.54) is 12.0 Å². The van der Waals surface area contributed by atoms with Crippen LogP contribution >= 0.6 is 11.6 Å². The fourth-order valence-corrected chi connectivity index (χ4v) is 2.45. The summed E-state index contributed by atoms with van der Waals surface area (Å²) in [7, 11) is 0. The second-order valence-corrected chi connectivity index (χ2v) is 5.51. The predicted octanol–water partition coefficient (Wildman–Crippen LogP) is 3.56. The Hall–Kier alpha value is -0.530. The highest BCUT2D eigenvalue weighted by atomic mass is 35.5. The predicted molar refractivity (Wildman–Crippen MR) is 64.9 cm³/mol. The molecule has 0 aromatic heterocycles. The van der Waals surface area contributed by atoms with Crippen molar-refractivity contribution >= 4 is 11.6 Å². The van der Waals surface area contributed by atoms with Gasteiger partial charge in [0.2, 0.25) is 0 Å². The first-order chi connectivity index (χ1) is 7.02. The Kier molecular flexibility index (Phi) is 2.78. The van der Waals surface area contributed by atoms with Gasteiger partial charge in [-0.25, -0.2) is 0 Å². The number of rotatable bonds is 3. The molecule has 2 atom stereocenters. The van der Waals surface area contributed by atoms with Gasteiger partial charge in [0.1, 0.15) is 0 Å². The molecule has 1 aromatic carbocycles. The van der Waals surface area contributed by atoms with Crippen LogP contribution in [0.3, 0.4) is 0 Å². The third-order valence-corrected chi connectivity index (χ3v) is 3.54. The molecule has 1 aliphatic carbocycles. The lowest BCUT2D eigenvalue weighted by Gasteiger charge is -2.13. The first kappa shape index (κ1) is 11.0. The number of nitrogens with two attached hydrogens (primary N) is 1. The third kappa shape index (κ3) is 2.19. The minimum absolute atomic E-state index is 0.0745. The maximum atomic E-state index is 6.37. The van der Waals surface area contributed by atoms with Crippen molar-refractivity contribution in [2.75, 3.05) is 0 Å². The molecule has 1 aromatic rings. The molecule has 15 heavy (non-hydrogen) atoms. The van der Waals surface area contributed by atoms with E-state index in [9.17, 15) is 0 Å². The first-order valence-corrected chi connectivity index (χ1v) is 5.95. The highest BCUT2D eigenvalue weighted by Gasteiger charge is 2.51. The topological polar surface area (TPSA) is 26.0 Å². The second kappa shape index (κ2) is 3.80. The molecule has 2 rings (SSSR count). The first-order valence-electron chi connectivity index (χ1n) is 5.57. The van der Waals surface area contributed by atoms with E-state index in [-0.39, 0.29) is 5.54 Å². The van der Waals surface area contributed by atoms with Gasteiger partial charge >= 0.3 is 0 Å². The van der Waals surface area contributed by atoms with Gasteiger partial charge in [-0.1, -0.05) is 37.6 Å². The van der Waals surface area contributed by atoms with Gasteiger partial charge in [0, 0.05) is 10.6 Å². The van der Waals surface area contributed by atoms with Gasteiger partial charge < -0.3 is 5.73 Å². The maximum Gasteiger partial charge on any atom is 0.0442 e. The summed E-state index contributed by atoms with van der Waals surface area (Å²) >= 11 is 5.86. The molecule has 0 spiro atoms. The summed E-state index contributed by atoms with van der Waals surface area (Å²) in [6.45, 7) is 4.50. The van der Waals surface area contributed by atoms with Crippen molar-refractivity contribution in [1.82, 2.24) is 0 Å². The summed E-state index contributed by atoms with van der Waals surface area (Å²) in [4.78, 5) is 0. The van der Waals surface area contributed by atoms with Crippen molar-refractivity contribution in [3.63, 3.8) is 0 Å². The molecule has 82 valence electrons. The average Bonchev–Trinajstić information content (AvgIpc) is 2.78. The molecule has 1 fully saturated rings. The quantitative estimate of drug-likeness (QED) is 0.833.